The van der Waals surface area contributed by atoms with Gasteiger partial charge in [0.2, 0.25) is 0 Å². The molecular formula is C18H12F3NOS2. The SMILES string of the molecule is O=C1/C(=C\c2cccc(C(F)(F)F)c2)SC(=S)N1Cc1ccccc1. The number of carbonyl (C=O) groups is 1. The van der Waals surface area contributed by atoms with Gasteiger partial charge in [-0.1, -0.05) is 66.4 Å². The monoisotopic (exact) mass is 379 g/mol. The fourth-order valence-electron chi connectivity index (χ4n) is 2.36. The van der Waals surface area contributed by atoms with Crippen molar-refractivity contribution in [2.45, 2.75) is 12.7 Å². The molecule has 0 bridgehead atoms. The van der Waals surface area contributed by atoms with Crippen LogP contribution in [0, 0.1) is 0 Å². The molecule has 1 amide bonds. The zero-order valence-electron chi connectivity index (χ0n) is 12.8. The minimum absolute atomic E-state index is 0.295. The lowest BCUT2D eigenvalue weighted by Crippen LogP contribution is -2.27. The lowest BCUT2D eigenvalue weighted by Gasteiger charge is -2.14. The second-order valence-corrected chi connectivity index (χ2v) is 7.05. The van der Waals surface area contributed by atoms with E-state index in [4.69, 9.17) is 12.2 Å². The summed E-state index contributed by atoms with van der Waals surface area (Å²) in [5.74, 6) is -0.295. The van der Waals surface area contributed by atoms with Crippen LogP contribution in [0.2, 0.25) is 0 Å². The van der Waals surface area contributed by atoms with Crippen molar-refractivity contribution in [1.29, 1.82) is 0 Å². The molecule has 2 nitrogen and oxygen atoms in total. The van der Waals surface area contributed by atoms with E-state index in [1.807, 2.05) is 30.3 Å². The van der Waals surface area contributed by atoms with Crippen molar-refractivity contribution in [3.05, 3.63) is 76.2 Å². The molecule has 0 atom stereocenters. The predicted molar refractivity (Wildman–Crippen MR) is 96.6 cm³/mol. The number of thiocarbonyl (C=S) groups is 1. The number of thioether (sulfide) groups is 1. The van der Waals surface area contributed by atoms with E-state index in [2.05, 4.69) is 0 Å². The molecule has 0 aromatic heterocycles. The van der Waals surface area contributed by atoms with Gasteiger partial charge in [0.05, 0.1) is 17.0 Å². The molecule has 0 N–H and O–H groups in total. The van der Waals surface area contributed by atoms with E-state index < -0.39 is 11.7 Å². The van der Waals surface area contributed by atoms with Gasteiger partial charge in [-0.2, -0.15) is 13.2 Å². The predicted octanol–water partition coefficient (Wildman–Crippen LogP) is 5.11. The van der Waals surface area contributed by atoms with Crippen LogP contribution in [0.4, 0.5) is 13.2 Å². The first-order valence-electron chi connectivity index (χ1n) is 7.31. The third-order valence-corrected chi connectivity index (χ3v) is 4.95. The summed E-state index contributed by atoms with van der Waals surface area (Å²) in [5.41, 5.74) is 0.496. The van der Waals surface area contributed by atoms with Crippen LogP contribution in [0.3, 0.4) is 0 Å². The van der Waals surface area contributed by atoms with Crippen LogP contribution in [-0.2, 0) is 17.5 Å². The van der Waals surface area contributed by atoms with Crippen LogP contribution in [-0.4, -0.2) is 15.1 Å². The molecule has 128 valence electrons. The lowest BCUT2D eigenvalue weighted by molar-refractivity contribution is -0.137. The number of hydrogen-bond acceptors (Lipinski definition) is 3. The number of nitrogens with zero attached hydrogens (tertiary/aromatic N) is 1. The van der Waals surface area contributed by atoms with E-state index in [0.717, 1.165) is 29.5 Å². The van der Waals surface area contributed by atoms with Gasteiger partial charge in [0.15, 0.2) is 0 Å². The molecule has 2 aromatic carbocycles. The molecule has 0 unspecified atom stereocenters. The summed E-state index contributed by atoms with van der Waals surface area (Å²) in [7, 11) is 0. The second-order valence-electron chi connectivity index (χ2n) is 5.38. The van der Waals surface area contributed by atoms with E-state index >= 15 is 0 Å². The van der Waals surface area contributed by atoms with E-state index in [9.17, 15) is 18.0 Å². The standard InChI is InChI=1S/C18H12F3NOS2/c19-18(20,21)14-8-4-7-13(9-14)10-15-16(23)22(17(24)25-15)11-12-5-2-1-3-6-12/h1-10H,11H2/b15-10+. The maximum Gasteiger partial charge on any atom is 0.416 e. The summed E-state index contributed by atoms with van der Waals surface area (Å²) in [6.45, 7) is 0.339. The number of carbonyl (C=O) groups excluding carboxylic acids is 1. The first-order chi connectivity index (χ1) is 11.8. The van der Waals surface area contributed by atoms with E-state index in [-0.39, 0.29) is 5.91 Å². The van der Waals surface area contributed by atoms with E-state index in [0.29, 0.717) is 21.3 Å². The molecule has 0 spiro atoms. The van der Waals surface area contributed by atoms with Crippen molar-refractivity contribution in [1.82, 2.24) is 4.90 Å². The smallest absolute Gasteiger partial charge is 0.288 e. The number of hydrogen-bond donors (Lipinski definition) is 0. The molecule has 1 saturated heterocycles. The Morgan fingerprint density at radius 1 is 1.08 bits per heavy atom. The Bertz CT molecular complexity index is 847. The van der Waals surface area contributed by atoms with E-state index in [1.54, 1.807) is 0 Å². The van der Waals surface area contributed by atoms with Crippen molar-refractivity contribution in [3.8, 4) is 0 Å². The molecule has 0 saturated carbocycles. The maximum atomic E-state index is 12.8. The average Bonchev–Trinajstić information content (AvgIpc) is 2.83. The van der Waals surface area contributed by atoms with Gasteiger partial charge in [0, 0.05) is 0 Å². The third-order valence-electron chi connectivity index (χ3n) is 3.57. The highest BCUT2D eigenvalue weighted by molar-refractivity contribution is 8.26. The second kappa shape index (κ2) is 7.01. The van der Waals surface area contributed by atoms with Gasteiger partial charge in [0.1, 0.15) is 4.32 Å². The van der Waals surface area contributed by atoms with Gasteiger partial charge < -0.3 is 0 Å². The summed E-state index contributed by atoms with van der Waals surface area (Å²) < 4.78 is 38.8. The van der Waals surface area contributed by atoms with Crippen molar-refractivity contribution in [3.63, 3.8) is 0 Å². The number of rotatable bonds is 3. The topological polar surface area (TPSA) is 20.3 Å². The Kier molecular flexibility index (Phi) is 4.96. The maximum absolute atomic E-state index is 12.8. The Hall–Kier alpha value is -2.12. The zero-order chi connectivity index (χ0) is 18.0. The summed E-state index contributed by atoms with van der Waals surface area (Å²) in [6.07, 6.45) is -2.98. The Morgan fingerprint density at radius 3 is 2.48 bits per heavy atom. The fraction of sp³-hybridized carbons (Fsp3) is 0.111. The molecule has 0 aliphatic carbocycles. The molecule has 1 heterocycles. The van der Waals surface area contributed by atoms with Crippen LogP contribution >= 0.6 is 24.0 Å². The summed E-state index contributed by atoms with van der Waals surface area (Å²) in [4.78, 5) is 14.3. The highest BCUT2D eigenvalue weighted by Gasteiger charge is 2.33. The molecule has 25 heavy (non-hydrogen) atoms. The number of amides is 1. The molecule has 1 aliphatic heterocycles. The van der Waals surface area contributed by atoms with Gasteiger partial charge in [-0.05, 0) is 29.3 Å². The first-order valence-corrected chi connectivity index (χ1v) is 8.53. The van der Waals surface area contributed by atoms with Gasteiger partial charge in [-0.25, -0.2) is 0 Å². The Balaban J connectivity index is 1.83. The highest BCUT2D eigenvalue weighted by Crippen LogP contribution is 2.35. The summed E-state index contributed by atoms with van der Waals surface area (Å²) >= 11 is 6.34. The largest absolute Gasteiger partial charge is 0.416 e. The van der Waals surface area contributed by atoms with Gasteiger partial charge in [-0.3, -0.25) is 9.69 Å². The van der Waals surface area contributed by atoms with Gasteiger partial charge in [-0.15, -0.1) is 0 Å². The van der Waals surface area contributed by atoms with Gasteiger partial charge >= 0.3 is 6.18 Å². The highest BCUT2D eigenvalue weighted by atomic mass is 32.2. The normalized spacial score (nSPS) is 16.8. The Morgan fingerprint density at radius 2 is 1.80 bits per heavy atom. The van der Waals surface area contributed by atoms with Crippen LogP contribution in [0.1, 0.15) is 16.7 Å². The van der Waals surface area contributed by atoms with Crippen LogP contribution in [0.5, 0.6) is 0 Å². The number of benzene rings is 2. The third kappa shape index (κ3) is 4.11. The van der Waals surface area contributed by atoms with Crippen LogP contribution in [0.25, 0.3) is 6.08 Å². The molecule has 0 radical (unpaired) electrons. The minimum atomic E-state index is -4.42. The van der Waals surface area contributed by atoms with Crippen molar-refractivity contribution >= 4 is 40.3 Å². The average molecular weight is 379 g/mol. The van der Waals surface area contributed by atoms with Crippen LogP contribution in [0.15, 0.2) is 59.5 Å². The molecule has 2 aromatic rings. The van der Waals surface area contributed by atoms with Gasteiger partial charge in [0.25, 0.3) is 5.91 Å². The quantitative estimate of drug-likeness (QED) is 0.546. The number of alkyl halides is 3. The summed E-state index contributed by atoms with van der Waals surface area (Å²) in [5, 5.41) is 0. The molecule has 1 fully saturated rings. The number of halogens is 3. The minimum Gasteiger partial charge on any atom is -0.288 e. The van der Waals surface area contributed by atoms with Crippen molar-refractivity contribution in [2.75, 3.05) is 0 Å². The van der Waals surface area contributed by atoms with Crippen molar-refractivity contribution < 1.29 is 18.0 Å². The lowest BCUT2D eigenvalue weighted by atomic mass is 10.1. The first kappa shape index (κ1) is 17.7. The Labute approximate surface area is 152 Å². The molecule has 1 aliphatic rings. The van der Waals surface area contributed by atoms with Crippen LogP contribution < -0.4 is 0 Å². The molecular weight excluding hydrogens is 367 g/mol. The fourth-order valence-corrected chi connectivity index (χ4v) is 3.61. The molecule has 7 heteroatoms. The van der Waals surface area contributed by atoms with E-state index in [1.165, 1.54) is 23.1 Å². The van der Waals surface area contributed by atoms with Crippen molar-refractivity contribution in [2.24, 2.45) is 0 Å². The molecule has 3 rings (SSSR count). The summed E-state index contributed by atoms with van der Waals surface area (Å²) in [6, 6.07) is 14.2. The zero-order valence-corrected chi connectivity index (χ0v) is 14.4.